The van der Waals surface area contributed by atoms with Crippen LogP contribution in [0.15, 0.2) is 51.4 Å². The summed E-state index contributed by atoms with van der Waals surface area (Å²) in [6.45, 7) is 1.01. The van der Waals surface area contributed by atoms with E-state index in [1.165, 1.54) is 21.5 Å². The van der Waals surface area contributed by atoms with Crippen molar-refractivity contribution in [3.05, 3.63) is 68.2 Å². The molecule has 0 saturated carbocycles. The SMILES string of the molecule is O=C(CCCCCn1c(=O)[nH]c2ccsc2c1=O)NCCc1ccccc1. The minimum absolute atomic E-state index is 0.0425. The first-order chi connectivity index (χ1) is 13.1. The third kappa shape index (κ3) is 5.17. The summed E-state index contributed by atoms with van der Waals surface area (Å²) in [7, 11) is 0. The zero-order valence-corrected chi connectivity index (χ0v) is 15.9. The Kier molecular flexibility index (Phi) is 6.59. The molecule has 1 aromatic carbocycles. The number of nitrogens with zero attached hydrogens (tertiary/aromatic N) is 1. The number of nitrogens with one attached hydrogen (secondary N) is 2. The molecule has 0 fully saturated rings. The Morgan fingerprint density at radius 2 is 1.89 bits per heavy atom. The highest BCUT2D eigenvalue weighted by Crippen LogP contribution is 2.12. The number of unbranched alkanes of at least 4 members (excludes halogenated alkanes) is 2. The van der Waals surface area contributed by atoms with Gasteiger partial charge in [0, 0.05) is 19.5 Å². The van der Waals surface area contributed by atoms with Gasteiger partial charge in [0.15, 0.2) is 0 Å². The molecule has 0 aliphatic heterocycles. The quantitative estimate of drug-likeness (QED) is 0.556. The monoisotopic (exact) mass is 385 g/mol. The zero-order chi connectivity index (χ0) is 19.1. The van der Waals surface area contributed by atoms with Crippen molar-refractivity contribution in [2.45, 2.75) is 38.6 Å². The van der Waals surface area contributed by atoms with E-state index in [4.69, 9.17) is 0 Å². The third-order valence-electron chi connectivity index (χ3n) is 4.46. The summed E-state index contributed by atoms with van der Waals surface area (Å²) in [5.41, 5.74) is 1.20. The molecule has 0 saturated heterocycles. The van der Waals surface area contributed by atoms with Gasteiger partial charge in [0.05, 0.1) is 5.52 Å². The van der Waals surface area contributed by atoms with Crippen molar-refractivity contribution < 1.29 is 4.79 Å². The number of carbonyl (C=O) groups excluding carboxylic acids is 1. The van der Waals surface area contributed by atoms with Crippen LogP contribution >= 0.6 is 11.3 Å². The number of hydrogen-bond donors (Lipinski definition) is 2. The van der Waals surface area contributed by atoms with E-state index in [0.29, 0.717) is 36.1 Å². The van der Waals surface area contributed by atoms with Gasteiger partial charge in [0.1, 0.15) is 4.70 Å². The van der Waals surface area contributed by atoms with Crippen molar-refractivity contribution in [2.24, 2.45) is 0 Å². The van der Waals surface area contributed by atoms with Gasteiger partial charge in [-0.25, -0.2) is 4.79 Å². The summed E-state index contributed by atoms with van der Waals surface area (Å²) in [6, 6.07) is 11.8. The average molecular weight is 385 g/mol. The highest BCUT2D eigenvalue weighted by molar-refractivity contribution is 7.17. The molecule has 2 N–H and O–H groups in total. The van der Waals surface area contributed by atoms with Crippen molar-refractivity contribution in [3.63, 3.8) is 0 Å². The van der Waals surface area contributed by atoms with Gasteiger partial charge in [-0.05, 0) is 36.3 Å². The Balaban J connectivity index is 1.36. The lowest BCUT2D eigenvalue weighted by molar-refractivity contribution is -0.121. The molecule has 0 radical (unpaired) electrons. The van der Waals surface area contributed by atoms with Crippen LogP contribution in [0, 0.1) is 0 Å². The highest BCUT2D eigenvalue weighted by Gasteiger charge is 2.08. The molecule has 0 spiro atoms. The molecule has 2 aromatic heterocycles. The first-order valence-corrected chi connectivity index (χ1v) is 10.0. The van der Waals surface area contributed by atoms with Gasteiger partial charge >= 0.3 is 5.69 Å². The van der Waals surface area contributed by atoms with Crippen molar-refractivity contribution in [2.75, 3.05) is 6.54 Å². The fraction of sp³-hybridized carbons (Fsp3) is 0.350. The number of hydrogen-bond acceptors (Lipinski definition) is 4. The molecule has 0 aliphatic rings. The van der Waals surface area contributed by atoms with Crippen LogP contribution in [0.5, 0.6) is 0 Å². The molecule has 3 aromatic rings. The van der Waals surface area contributed by atoms with Gasteiger partial charge in [-0.15, -0.1) is 11.3 Å². The maximum absolute atomic E-state index is 12.3. The lowest BCUT2D eigenvalue weighted by Gasteiger charge is -2.06. The summed E-state index contributed by atoms with van der Waals surface area (Å²) in [6.07, 6.45) is 3.51. The second-order valence-corrected chi connectivity index (χ2v) is 7.36. The van der Waals surface area contributed by atoms with Gasteiger partial charge in [0.25, 0.3) is 5.56 Å². The molecule has 1 amide bonds. The number of carbonyl (C=O) groups is 1. The number of fused-ring (bicyclic) bond motifs is 1. The highest BCUT2D eigenvalue weighted by atomic mass is 32.1. The Morgan fingerprint density at radius 3 is 2.70 bits per heavy atom. The van der Waals surface area contributed by atoms with Crippen LogP contribution < -0.4 is 16.6 Å². The van der Waals surface area contributed by atoms with Crippen LogP contribution in [0.4, 0.5) is 0 Å². The standard InChI is InChI=1S/C20H23N3O3S/c24-17(21-12-10-15-7-3-1-4-8-15)9-5-2-6-13-23-19(25)18-16(11-14-27-18)22-20(23)26/h1,3-4,7-8,11,14H,2,5-6,9-10,12-13H2,(H,21,24)(H,22,26). The average Bonchev–Trinajstić information content (AvgIpc) is 3.13. The summed E-state index contributed by atoms with van der Waals surface area (Å²) >= 11 is 1.33. The van der Waals surface area contributed by atoms with Crippen LogP contribution in [0.1, 0.15) is 31.2 Å². The van der Waals surface area contributed by atoms with E-state index in [1.807, 2.05) is 30.3 Å². The number of aromatic amines is 1. The van der Waals surface area contributed by atoms with Crippen molar-refractivity contribution >= 4 is 27.5 Å². The summed E-state index contributed by atoms with van der Waals surface area (Å²) in [5.74, 6) is 0.0425. The smallest absolute Gasteiger partial charge is 0.328 e. The Morgan fingerprint density at radius 1 is 1.07 bits per heavy atom. The molecule has 3 rings (SSSR count). The van der Waals surface area contributed by atoms with E-state index in [2.05, 4.69) is 10.3 Å². The van der Waals surface area contributed by atoms with E-state index in [-0.39, 0.29) is 17.2 Å². The van der Waals surface area contributed by atoms with Gasteiger partial charge < -0.3 is 10.3 Å². The fourth-order valence-electron chi connectivity index (χ4n) is 2.99. The molecule has 0 unspecified atom stereocenters. The molecular formula is C20H23N3O3S. The maximum atomic E-state index is 12.3. The lowest BCUT2D eigenvalue weighted by atomic mass is 10.1. The van der Waals surface area contributed by atoms with Crippen LogP contribution in [-0.2, 0) is 17.8 Å². The number of rotatable bonds is 9. The van der Waals surface area contributed by atoms with Crippen LogP contribution in [0.2, 0.25) is 0 Å². The number of benzene rings is 1. The molecule has 7 heteroatoms. The Labute approximate surface area is 160 Å². The Hall–Kier alpha value is -2.67. The molecule has 27 heavy (non-hydrogen) atoms. The summed E-state index contributed by atoms with van der Waals surface area (Å²) < 4.78 is 1.83. The van der Waals surface area contributed by atoms with Crippen LogP contribution in [0.3, 0.4) is 0 Å². The van der Waals surface area contributed by atoms with Crippen molar-refractivity contribution in [1.82, 2.24) is 14.9 Å². The van der Waals surface area contributed by atoms with Gasteiger partial charge in [-0.2, -0.15) is 0 Å². The Bertz CT molecular complexity index is 1000. The van der Waals surface area contributed by atoms with Gasteiger partial charge in [-0.3, -0.25) is 14.2 Å². The molecule has 6 nitrogen and oxygen atoms in total. The van der Waals surface area contributed by atoms with E-state index in [9.17, 15) is 14.4 Å². The fourth-order valence-corrected chi connectivity index (χ4v) is 3.78. The maximum Gasteiger partial charge on any atom is 0.328 e. The van der Waals surface area contributed by atoms with E-state index in [0.717, 1.165) is 19.3 Å². The summed E-state index contributed by atoms with van der Waals surface area (Å²) in [4.78, 5) is 38.9. The predicted molar refractivity (Wildman–Crippen MR) is 108 cm³/mol. The van der Waals surface area contributed by atoms with Crippen LogP contribution in [0.25, 0.3) is 10.2 Å². The number of thiophene rings is 1. The third-order valence-corrected chi connectivity index (χ3v) is 5.36. The number of H-pyrrole nitrogens is 1. The molecular weight excluding hydrogens is 362 g/mol. The van der Waals surface area contributed by atoms with Crippen molar-refractivity contribution in [1.29, 1.82) is 0 Å². The largest absolute Gasteiger partial charge is 0.356 e. The second kappa shape index (κ2) is 9.32. The second-order valence-electron chi connectivity index (χ2n) is 6.45. The molecule has 0 bridgehead atoms. The number of amides is 1. The van der Waals surface area contributed by atoms with E-state index >= 15 is 0 Å². The molecule has 2 heterocycles. The summed E-state index contributed by atoms with van der Waals surface area (Å²) in [5, 5.41) is 4.72. The minimum atomic E-state index is -0.371. The molecule has 0 atom stereocenters. The molecule has 142 valence electrons. The minimum Gasteiger partial charge on any atom is -0.356 e. The zero-order valence-electron chi connectivity index (χ0n) is 15.1. The number of aromatic nitrogens is 2. The van der Waals surface area contributed by atoms with E-state index in [1.54, 1.807) is 11.4 Å². The first kappa shape index (κ1) is 19.1. The normalized spacial score (nSPS) is 11.0. The topological polar surface area (TPSA) is 84.0 Å². The van der Waals surface area contributed by atoms with E-state index < -0.39 is 0 Å². The molecule has 0 aliphatic carbocycles. The lowest BCUT2D eigenvalue weighted by Crippen LogP contribution is -2.34. The van der Waals surface area contributed by atoms with Crippen LogP contribution in [-0.4, -0.2) is 22.0 Å². The van der Waals surface area contributed by atoms with Crippen molar-refractivity contribution in [3.8, 4) is 0 Å². The first-order valence-electron chi connectivity index (χ1n) is 9.16. The van der Waals surface area contributed by atoms with Gasteiger partial charge in [-0.1, -0.05) is 36.8 Å². The predicted octanol–water partition coefficient (Wildman–Crippen LogP) is 2.67. The van der Waals surface area contributed by atoms with Gasteiger partial charge in [0.2, 0.25) is 5.91 Å².